The first kappa shape index (κ1) is 30.1. The van der Waals surface area contributed by atoms with Crippen molar-refractivity contribution in [1.82, 2.24) is 14.6 Å². The van der Waals surface area contributed by atoms with Crippen molar-refractivity contribution in [2.45, 2.75) is 88.6 Å². The van der Waals surface area contributed by atoms with Crippen molar-refractivity contribution < 1.29 is 37.4 Å². The average molecular weight is 583 g/mol. The highest BCUT2D eigenvalue weighted by Gasteiger charge is 2.56. The summed E-state index contributed by atoms with van der Waals surface area (Å²) < 4.78 is 53.0. The predicted octanol–water partition coefficient (Wildman–Crippen LogP) is 3.26. The van der Waals surface area contributed by atoms with Gasteiger partial charge in [-0.15, -0.1) is 0 Å². The summed E-state index contributed by atoms with van der Waals surface area (Å²) in [5, 5.41) is 13.5. The van der Waals surface area contributed by atoms with E-state index in [2.05, 4.69) is 10.1 Å². The summed E-state index contributed by atoms with van der Waals surface area (Å²) in [7, 11) is -4.33. The zero-order valence-corrected chi connectivity index (χ0v) is 23.4. The van der Waals surface area contributed by atoms with Crippen LogP contribution in [0, 0.1) is 0 Å². The first-order valence-corrected chi connectivity index (χ1v) is 14.9. The maximum atomic E-state index is 15.3. The molecular weight excluding hydrogens is 546 g/mol. The van der Waals surface area contributed by atoms with Gasteiger partial charge >= 0.3 is 19.4 Å². The number of hydrogen-bond acceptors (Lipinski definition) is 10. The van der Waals surface area contributed by atoms with E-state index in [-0.39, 0.29) is 24.1 Å². The van der Waals surface area contributed by atoms with Gasteiger partial charge in [0.1, 0.15) is 35.4 Å². The highest BCUT2D eigenvalue weighted by Crippen LogP contribution is 2.49. The van der Waals surface area contributed by atoms with Crippen molar-refractivity contribution in [2.24, 2.45) is 0 Å². The number of nitrogen functional groups attached to an aromatic ring is 1. The van der Waals surface area contributed by atoms with E-state index in [1.54, 1.807) is 37.3 Å². The molecule has 6 atom stereocenters. The summed E-state index contributed by atoms with van der Waals surface area (Å²) in [4.78, 5) is 28.7. The fraction of sp³-hybridized carbons (Fsp3) is 0.577. The number of rotatable bonds is 11. The van der Waals surface area contributed by atoms with E-state index in [0.29, 0.717) is 0 Å². The third kappa shape index (κ3) is 6.90. The molecule has 2 heterocycles. The lowest BCUT2D eigenvalue weighted by Crippen LogP contribution is -2.46. The number of anilines is 1. The average Bonchev–Trinajstić information content (AvgIpc) is 3.18. The minimum Gasteiger partial charge on any atom is -0.461 e. The molecule has 2 aliphatic rings. The van der Waals surface area contributed by atoms with Gasteiger partial charge < -0.3 is 24.8 Å². The van der Waals surface area contributed by atoms with Crippen LogP contribution in [0.15, 0.2) is 47.4 Å². The molecule has 1 saturated carbocycles. The van der Waals surface area contributed by atoms with E-state index >= 15 is 4.39 Å². The molecule has 14 heteroatoms. The van der Waals surface area contributed by atoms with Gasteiger partial charge in [-0.1, -0.05) is 31.5 Å². The van der Waals surface area contributed by atoms with Crippen LogP contribution >= 0.6 is 7.75 Å². The molecule has 12 nitrogen and oxygen atoms in total. The molecule has 4 N–H and O–H groups in total. The Kier molecular flexibility index (Phi) is 9.63. The lowest BCUT2D eigenvalue weighted by atomic mass is 9.94. The molecule has 1 aromatic carbocycles. The second-order valence-electron chi connectivity index (χ2n) is 10.1. The van der Waals surface area contributed by atoms with Crippen LogP contribution in [-0.2, 0) is 23.4 Å². The second-order valence-corrected chi connectivity index (χ2v) is 11.8. The number of ether oxygens (including phenoxy) is 2. The van der Waals surface area contributed by atoms with Crippen molar-refractivity contribution in [3.05, 3.63) is 53.1 Å². The molecule has 1 unspecified atom stereocenters. The molecular formula is C26H36FN4O8P. The smallest absolute Gasteiger partial charge is 0.459 e. The predicted molar refractivity (Wildman–Crippen MR) is 143 cm³/mol. The van der Waals surface area contributed by atoms with Gasteiger partial charge in [-0.05, 0) is 57.2 Å². The van der Waals surface area contributed by atoms with Crippen LogP contribution in [0.25, 0.3) is 0 Å². The molecule has 220 valence electrons. The molecule has 1 aromatic heterocycles. The zero-order valence-electron chi connectivity index (χ0n) is 22.5. The molecule has 40 heavy (non-hydrogen) atoms. The summed E-state index contributed by atoms with van der Waals surface area (Å²) >= 11 is 0. The van der Waals surface area contributed by atoms with Gasteiger partial charge in [0.05, 0.1) is 6.61 Å². The molecule has 1 aliphatic heterocycles. The Labute approximate surface area is 231 Å². The molecule has 0 bridgehead atoms. The van der Waals surface area contributed by atoms with E-state index in [1.807, 2.05) is 0 Å². The molecule has 2 aromatic rings. The van der Waals surface area contributed by atoms with Gasteiger partial charge in [-0.25, -0.2) is 13.8 Å². The standard InChI is InChI=1S/C26H36FN4O8P/c1-3-26(22(32)21(27)23(38-26)31-15-14-20(28)29-25(31)34)16-36-40(35,39-19-12-8-5-9-13-19)30-17(2)24(33)37-18-10-6-4-7-11-18/h5,8-9,12-15,17-18,21-23,32H,3-4,6-7,10-11,16H2,1-2H3,(H,30,35)(H2,28,29,34)/t17-,21+,22-,23+,26+,40?/m0/s1. The molecule has 4 rings (SSSR count). The lowest BCUT2D eigenvalue weighted by molar-refractivity contribution is -0.152. The van der Waals surface area contributed by atoms with Crippen LogP contribution in [0.4, 0.5) is 10.2 Å². The van der Waals surface area contributed by atoms with Gasteiger partial charge in [0.15, 0.2) is 12.4 Å². The van der Waals surface area contributed by atoms with E-state index < -0.39 is 56.2 Å². The van der Waals surface area contributed by atoms with Gasteiger partial charge in [0.2, 0.25) is 0 Å². The number of aromatic nitrogens is 2. The minimum absolute atomic E-state index is 0.0207. The minimum atomic E-state index is -4.33. The SMILES string of the molecule is CC[C@]1(COP(=O)(N[C@@H](C)C(=O)OC2CCCCC2)Oc2ccccc2)O[C@@H](n2ccc(N)nc2=O)[C@H](F)[C@@H]1O. The number of nitrogens with zero attached hydrogens (tertiary/aromatic N) is 2. The Hall–Kier alpha value is -2.83. The van der Waals surface area contributed by atoms with E-state index in [0.717, 1.165) is 36.7 Å². The van der Waals surface area contributed by atoms with Crippen LogP contribution in [0.3, 0.4) is 0 Å². The number of para-hydroxylation sites is 1. The Bertz CT molecular complexity index is 1260. The Balaban J connectivity index is 1.52. The number of nitrogens with one attached hydrogen (secondary N) is 1. The maximum absolute atomic E-state index is 15.3. The first-order chi connectivity index (χ1) is 19.1. The molecule has 0 spiro atoms. The third-order valence-electron chi connectivity index (χ3n) is 7.18. The van der Waals surface area contributed by atoms with Crippen LogP contribution in [0.1, 0.15) is 58.6 Å². The van der Waals surface area contributed by atoms with Crippen LogP contribution in [-0.4, -0.2) is 57.3 Å². The Morgan fingerprint density at radius 3 is 2.65 bits per heavy atom. The van der Waals surface area contributed by atoms with Crippen LogP contribution in [0.5, 0.6) is 5.75 Å². The van der Waals surface area contributed by atoms with E-state index in [4.69, 9.17) is 24.3 Å². The third-order valence-corrected chi connectivity index (χ3v) is 8.80. The fourth-order valence-corrected chi connectivity index (χ4v) is 6.36. The van der Waals surface area contributed by atoms with Crippen molar-refractivity contribution >= 4 is 19.5 Å². The monoisotopic (exact) mass is 582 g/mol. The van der Waals surface area contributed by atoms with Crippen molar-refractivity contribution in [3.8, 4) is 5.75 Å². The number of aliphatic hydroxyl groups is 1. The van der Waals surface area contributed by atoms with Gasteiger partial charge in [-0.2, -0.15) is 10.1 Å². The summed E-state index contributed by atoms with van der Waals surface area (Å²) in [6.07, 6.45) is 0.237. The highest BCUT2D eigenvalue weighted by atomic mass is 31.2. The number of aliphatic hydroxyl groups excluding tert-OH is 1. The summed E-state index contributed by atoms with van der Waals surface area (Å²) in [5.41, 5.74) is 2.95. The van der Waals surface area contributed by atoms with E-state index in [1.165, 1.54) is 19.2 Å². The maximum Gasteiger partial charge on any atom is 0.459 e. The normalized spacial score (nSPS) is 27.6. The topological polar surface area (TPSA) is 164 Å². The van der Waals surface area contributed by atoms with Crippen molar-refractivity contribution in [2.75, 3.05) is 12.3 Å². The number of hydrogen-bond donors (Lipinski definition) is 3. The zero-order chi connectivity index (χ0) is 28.9. The number of carbonyl (C=O) groups is 1. The lowest BCUT2D eigenvalue weighted by Gasteiger charge is -2.32. The molecule has 0 radical (unpaired) electrons. The fourth-order valence-electron chi connectivity index (χ4n) is 4.81. The van der Waals surface area contributed by atoms with Gasteiger partial charge in [0, 0.05) is 6.20 Å². The molecule has 1 saturated heterocycles. The molecule has 0 amide bonds. The van der Waals surface area contributed by atoms with Gasteiger partial charge in [-0.3, -0.25) is 13.9 Å². The number of carbonyl (C=O) groups excluding carboxylic acids is 1. The Morgan fingerprint density at radius 2 is 2.00 bits per heavy atom. The molecule has 1 aliphatic carbocycles. The largest absolute Gasteiger partial charge is 0.461 e. The molecule has 2 fully saturated rings. The Morgan fingerprint density at radius 1 is 1.30 bits per heavy atom. The number of esters is 1. The number of nitrogens with two attached hydrogens (primary N) is 1. The van der Waals surface area contributed by atoms with Crippen LogP contribution < -0.4 is 21.0 Å². The summed E-state index contributed by atoms with van der Waals surface area (Å²) in [6.45, 7) is 2.49. The second kappa shape index (κ2) is 12.8. The summed E-state index contributed by atoms with van der Waals surface area (Å²) in [6, 6.07) is 8.38. The first-order valence-electron chi connectivity index (χ1n) is 13.4. The number of alkyl halides is 1. The van der Waals surface area contributed by atoms with Crippen molar-refractivity contribution in [3.63, 3.8) is 0 Å². The van der Waals surface area contributed by atoms with Crippen LogP contribution in [0.2, 0.25) is 0 Å². The highest BCUT2D eigenvalue weighted by molar-refractivity contribution is 7.52. The van der Waals surface area contributed by atoms with E-state index in [9.17, 15) is 19.3 Å². The quantitative estimate of drug-likeness (QED) is 0.263. The van der Waals surface area contributed by atoms with Crippen molar-refractivity contribution in [1.29, 1.82) is 0 Å². The van der Waals surface area contributed by atoms with Gasteiger partial charge in [0.25, 0.3) is 0 Å². The number of benzene rings is 1. The number of halogens is 1. The summed E-state index contributed by atoms with van der Waals surface area (Å²) in [5.74, 6) is -0.485.